The maximum absolute atomic E-state index is 13.1. The molecule has 0 atom stereocenters. The molecule has 15 heavy (non-hydrogen) atoms. The standard InChI is InChI=1S/C10H11FN2O2/c1-6-8(11)4-3-5-9(6)13-12-7(2)10(14)15/h3-5,13H,1-2H3,(H,14,15)/b12-7-. The Kier molecular flexibility index (Phi) is 3.38. The van der Waals surface area contributed by atoms with Gasteiger partial charge in [-0.2, -0.15) is 5.10 Å². The summed E-state index contributed by atoms with van der Waals surface area (Å²) in [7, 11) is 0. The third kappa shape index (κ3) is 2.77. The summed E-state index contributed by atoms with van der Waals surface area (Å²) in [5.41, 5.74) is 3.27. The fraction of sp³-hybridized carbons (Fsp3) is 0.200. The van der Waals surface area contributed by atoms with Crippen molar-refractivity contribution in [1.82, 2.24) is 0 Å². The SMILES string of the molecule is C/C(=N/Nc1cccc(F)c1C)C(=O)O. The van der Waals surface area contributed by atoms with E-state index < -0.39 is 5.97 Å². The maximum Gasteiger partial charge on any atom is 0.351 e. The number of carbonyl (C=O) groups is 1. The highest BCUT2D eigenvalue weighted by molar-refractivity contribution is 6.34. The molecule has 0 spiro atoms. The lowest BCUT2D eigenvalue weighted by atomic mass is 10.2. The molecule has 1 aromatic carbocycles. The molecule has 1 rings (SSSR count). The number of nitrogens with zero attached hydrogens (tertiary/aromatic N) is 1. The first-order valence-corrected chi connectivity index (χ1v) is 4.31. The fourth-order valence-electron chi connectivity index (χ4n) is 0.920. The second-order valence-corrected chi connectivity index (χ2v) is 3.03. The van der Waals surface area contributed by atoms with Crippen LogP contribution in [-0.4, -0.2) is 16.8 Å². The molecular formula is C10H11FN2O2. The Balaban J connectivity index is 2.87. The molecule has 2 N–H and O–H groups in total. The Labute approximate surface area is 86.4 Å². The van der Waals surface area contributed by atoms with E-state index in [0.717, 1.165) is 0 Å². The summed E-state index contributed by atoms with van der Waals surface area (Å²) in [4.78, 5) is 10.4. The van der Waals surface area contributed by atoms with Crippen molar-refractivity contribution in [2.24, 2.45) is 5.10 Å². The molecule has 0 unspecified atom stereocenters. The van der Waals surface area contributed by atoms with Crippen molar-refractivity contribution in [3.63, 3.8) is 0 Å². The molecule has 80 valence electrons. The summed E-state index contributed by atoms with van der Waals surface area (Å²) >= 11 is 0. The lowest BCUT2D eigenvalue weighted by molar-refractivity contribution is -0.129. The van der Waals surface area contributed by atoms with Gasteiger partial charge in [0.15, 0.2) is 0 Å². The van der Waals surface area contributed by atoms with Crippen LogP contribution in [0.2, 0.25) is 0 Å². The summed E-state index contributed by atoms with van der Waals surface area (Å²) < 4.78 is 13.1. The van der Waals surface area contributed by atoms with Gasteiger partial charge in [0.25, 0.3) is 0 Å². The van der Waals surface area contributed by atoms with Gasteiger partial charge in [-0.3, -0.25) is 5.43 Å². The number of rotatable bonds is 3. The smallest absolute Gasteiger partial charge is 0.351 e. The van der Waals surface area contributed by atoms with Gasteiger partial charge in [0.1, 0.15) is 11.5 Å². The molecule has 0 bridgehead atoms. The number of carboxylic acids is 1. The summed E-state index contributed by atoms with van der Waals surface area (Å²) in [5, 5.41) is 12.1. The molecule has 0 aliphatic carbocycles. The Hall–Kier alpha value is -1.91. The van der Waals surface area contributed by atoms with Crippen LogP contribution >= 0.6 is 0 Å². The number of aliphatic carboxylic acids is 1. The van der Waals surface area contributed by atoms with E-state index in [0.29, 0.717) is 11.3 Å². The largest absolute Gasteiger partial charge is 0.477 e. The van der Waals surface area contributed by atoms with Gasteiger partial charge >= 0.3 is 5.97 Å². The van der Waals surface area contributed by atoms with Crippen LogP contribution in [0, 0.1) is 12.7 Å². The lowest BCUT2D eigenvalue weighted by Gasteiger charge is -2.05. The van der Waals surface area contributed by atoms with Gasteiger partial charge in [-0.15, -0.1) is 0 Å². The predicted octanol–water partition coefficient (Wildman–Crippen LogP) is 2.01. The second kappa shape index (κ2) is 4.54. The molecule has 0 saturated carbocycles. The van der Waals surface area contributed by atoms with Crippen LogP contribution in [0.1, 0.15) is 12.5 Å². The van der Waals surface area contributed by atoms with Crippen molar-refractivity contribution in [3.8, 4) is 0 Å². The van der Waals surface area contributed by atoms with Gasteiger partial charge in [-0.05, 0) is 26.0 Å². The molecule has 0 radical (unpaired) electrons. The number of halogens is 1. The van der Waals surface area contributed by atoms with E-state index in [1.54, 1.807) is 13.0 Å². The van der Waals surface area contributed by atoms with E-state index in [2.05, 4.69) is 10.5 Å². The highest BCUT2D eigenvalue weighted by atomic mass is 19.1. The third-order valence-corrected chi connectivity index (χ3v) is 1.92. The first-order valence-electron chi connectivity index (χ1n) is 4.31. The molecule has 0 aliphatic rings. The molecule has 0 aliphatic heterocycles. The first kappa shape index (κ1) is 11.2. The minimum atomic E-state index is -1.11. The van der Waals surface area contributed by atoms with E-state index in [1.165, 1.54) is 19.1 Å². The molecule has 0 fully saturated rings. The van der Waals surface area contributed by atoms with Crippen LogP contribution < -0.4 is 5.43 Å². The number of nitrogens with one attached hydrogen (secondary N) is 1. The molecule has 1 aromatic rings. The molecule has 5 heteroatoms. The van der Waals surface area contributed by atoms with Gasteiger partial charge < -0.3 is 5.11 Å². The molecular weight excluding hydrogens is 199 g/mol. The van der Waals surface area contributed by atoms with Gasteiger partial charge in [0.05, 0.1) is 5.69 Å². The van der Waals surface area contributed by atoms with E-state index in [9.17, 15) is 9.18 Å². The number of hydrogen-bond acceptors (Lipinski definition) is 3. The van der Waals surface area contributed by atoms with Gasteiger partial charge in [-0.25, -0.2) is 9.18 Å². The monoisotopic (exact) mass is 210 g/mol. The Morgan fingerprint density at radius 2 is 2.20 bits per heavy atom. The molecule has 0 heterocycles. The van der Waals surface area contributed by atoms with Crippen molar-refractivity contribution in [2.75, 3.05) is 5.43 Å². The van der Waals surface area contributed by atoms with Crippen LogP contribution in [0.5, 0.6) is 0 Å². The Morgan fingerprint density at radius 1 is 1.53 bits per heavy atom. The zero-order valence-corrected chi connectivity index (χ0v) is 8.41. The third-order valence-electron chi connectivity index (χ3n) is 1.92. The van der Waals surface area contributed by atoms with Crippen LogP contribution in [0.15, 0.2) is 23.3 Å². The normalized spacial score (nSPS) is 11.3. The highest BCUT2D eigenvalue weighted by Crippen LogP contribution is 2.17. The van der Waals surface area contributed by atoms with Crippen molar-refractivity contribution >= 4 is 17.4 Å². The molecule has 4 nitrogen and oxygen atoms in total. The maximum atomic E-state index is 13.1. The summed E-state index contributed by atoms with van der Waals surface area (Å²) in [6.45, 7) is 2.94. The minimum absolute atomic E-state index is 0.0846. The predicted molar refractivity (Wildman–Crippen MR) is 55.5 cm³/mol. The zero-order valence-electron chi connectivity index (χ0n) is 8.41. The lowest BCUT2D eigenvalue weighted by Crippen LogP contribution is -2.10. The molecule has 0 aromatic heterocycles. The topological polar surface area (TPSA) is 61.7 Å². The first-order chi connectivity index (χ1) is 7.02. The number of hydrogen-bond donors (Lipinski definition) is 2. The van der Waals surface area contributed by atoms with Crippen molar-refractivity contribution in [2.45, 2.75) is 13.8 Å². The summed E-state index contributed by atoms with van der Waals surface area (Å²) in [6.07, 6.45) is 0. The number of carboxylic acid groups (broad SMARTS) is 1. The van der Waals surface area contributed by atoms with E-state index in [-0.39, 0.29) is 11.5 Å². The fourth-order valence-corrected chi connectivity index (χ4v) is 0.920. The van der Waals surface area contributed by atoms with Crippen LogP contribution in [0.4, 0.5) is 10.1 Å². The van der Waals surface area contributed by atoms with E-state index in [4.69, 9.17) is 5.11 Å². The van der Waals surface area contributed by atoms with Crippen molar-refractivity contribution in [3.05, 3.63) is 29.6 Å². The van der Waals surface area contributed by atoms with Gasteiger partial charge in [0.2, 0.25) is 0 Å². The zero-order chi connectivity index (χ0) is 11.4. The van der Waals surface area contributed by atoms with E-state index in [1.807, 2.05) is 0 Å². The average Bonchev–Trinajstić information content (AvgIpc) is 2.19. The number of benzene rings is 1. The van der Waals surface area contributed by atoms with Crippen LogP contribution in [0.25, 0.3) is 0 Å². The Morgan fingerprint density at radius 3 is 2.80 bits per heavy atom. The van der Waals surface area contributed by atoms with Gasteiger partial charge in [-0.1, -0.05) is 6.07 Å². The van der Waals surface area contributed by atoms with E-state index >= 15 is 0 Å². The van der Waals surface area contributed by atoms with Gasteiger partial charge in [0, 0.05) is 5.56 Å². The Bertz CT molecular complexity index is 416. The van der Waals surface area contributed by atoms with Crippen molar-refractivity contribution < 1.29 is 14.3 Å². The van der Waals surface area contributed by atoms with Crippen molar-refractivity contribution in [1.29, 1.82) is 0 Å². The second-order valence-electron chi connectivity index (χ2n) is 3.03. The summed E-state index contributed by atoms with van der Waals surface area (Å²) in [6, 6.07) is 4.47. The average molecular weight is 210 g/mol. The minimum Gasteiger partial charge on any atom is -0.477 e. The summed E-state index contributed by atoms with van der Waals surface area (Å²) in [5.74, 6) is -1.47. The molecule has 0 amide bonds. The quantitative estimate of drug-likeness (QED) is 0.592. The number of hydrazone groups is 1. The number of anilines is 1. The highest BCUT2D eigenvalue weighted by Gasteiger charge is 2.04. The van der Waals surface area contributed by atoms with Crippen LogP contribution in [-0.2, 0) is 4.79 Å². The molecule has 0 saturated heterocycles. The van der Waals surface area contributed by atoms with Crippen LogP contribution in [0.3, 0.4) is 0 Å².